The Morgan fingerprint density at radius 2 is 2.60 bits per heavy atom. The summed E-state index contributed by atoms with van der Waals surface area (Å²) in [7, 11) is 0. The summed E-state index contributed by atoms with van der Waals surface area (Å²) in [5.41, 5.74) is 1.16. The van der Waals surface area contributed by atoms with E-state index in [1.54, 1.807) is 6.20 Å². The first kappa shape index (κ1) is 5.96. The quantitative estimate of drug-likeness (QED) is 0.599. The molecular formula is C8H11N2. The smallest absolute Gasteiger partial charge is 0.0572 e. The standard InChI is InChI=1S/C8H11N2/c1-7-4-5-9-10(7)6-8-2-3-8/h5,8H,2-3,6H2,1H3. The first-order chi connectivity index (χ1) is 4.86. The molecule has 1 aromatic heterocycles. The molecule has 0 amide bonds. The molecule has 0 aromatic carbocycles. The van der Waals surface area contributed by atoms with E-state index in [-0.39, 0.29) is 0 Å². The number of nitrogens with zero attached hydrogens (tertiary/aromatic N) is 2. The Hall–Kier alpha value is -0.790. The average molecular weight is 135 g/mol. The Bertz CT molecular complexity index is 223. The minimum Gasteiger partial charge on any atom is -0.269 e. The van der Waals surface area contributed by atoms with Gasteiger partial charge in [0.05, 0.1) is 6.20 Å². The third kappa shape index (κ3) is 1.06. The Kier molecular flexibility index (Phi) is 1.26. The number of aromatic nitrogens is 2. The zero-order valence-corrected chi connectivity index (χ0v) is 6.17. The topological polar surface area (TPSA) is 17.8 Å². The van der Waals surface area contributed by atoms with Crippen molar-refractivity contribution in [2.24, 2.45) is 5.92 Å². The van der Waals surface area contributed by atoms with Crippen molar-refractivity contribution in [3.63, 3.8) is 0 Å². The molecule has 0 unspecified atom stereocenters. The summed E-state index contributed by atoms with van der Waals surface area (Å²) in [5.74, 6) is 0.909. The fourth-order valence-corrected chi connectivity index (χ4v) is 1.08. The van der Waals surface area contributed by atoms with Crippen LogP contribution in [0.4, 0.5) is 0 Å². The predicted molar refractivity (Wildman–Crippen MR) is 38.5 cm³/mol. The van der Waals surface area contributed by atoms with Gasteiger partial charge in [0.2, 0.25) is 0 Å². The third-order valence-electron chi connectivity index (χ3n) is 1.99. The predicted octanol–water partition coefficient (Wildman–Crippen LogP) is 1.40. The number of hydrogen-bond acceptors (Lipinski definition) is 1. The van der Waals surface area contributed by atoms with Crippen LogP contribution in [0.1, 0.15) is 18.5 Å². The van der Waals surface area contributed by atoms with E-state index in [1.807, 2.05) is 4.68 Å². The van der Waals surface area contributed by atoms with E-state index in [9.17, 15) is 0 Å². The number of rotatable bonds is 2. The highest BCUT2D eigenvalue weighted by Gasteiger charge is 2.22. The third-order valence-corrected chi connectivity index (χ3v) is 1.99. The molecule has 10 heavy (non-hydrogen) atoms. The van der Waals surface area contributed by atoms with Crippen LogP contribution in [0.3, 0.4) is 0 Å². The molecule has 0 aliphatic heterocycles. The van der Waals surface area contributed by atoms with Crippen molar-refractivity contribution in [3.05, 3.63) is 18.0 Å². The average Bonchev–Trinajstić information content (AvgIpc) is 2.62. The summed E-state index contributed by atoms with van der Waals surface area (Å²) in [6.45, 7) is 3.16. The number of hydrogen-bond donors (Lipinski definition) is 0. The van der Waals surface area contributed by atoms with Gasteiger partial charge in [-0.15, -0.1) is 0 Å². The van der Waals surface area contributed by atoms with Crippen LogP contribution in [0.25, 0.3) is 0 Å². The van der Waals surface area contributed by atoms with E-state index >= 15 is 0 Å². The van der Waals surface area contributed by atoms with Gasteiger partial charge in [0.25, 0.3) is 0 Å². The maximum atomic E-state index is 4.16. The molecule has 0 N–H and O–H groups in total. The Morgan fingerprint density at radius 3 is 3.10 bits per heavy atom. The Balaban J connectivity index is 2.08. The highest BCUT2D eigenvalue weighted by atomic mass is 15.3. The largest absolute Gasteiger partial charge is 0.269 e. The summed E-state index contributed by atoms with van der Waals surface area (Å²) >= 11 is 0. The van der Waals surface area contributed by atoms with Gasteiger partial charge in [0, 0.05) is 18.3 Å². The molecule has 0 saturated heterocycles. The molecule has 1 heterocycles. The highest BCUT2D eigenvalue weighted by molar-refractivity contribution is 4.94. The fourth-order valence-electron chi connectivity index (χ4n) is 1.08. The van der Waals surface area contributed by atoms with Gasteiger partial charge in [-0.05, 0) is 25.7 Å². The molecule has 1 fully saturated rings. The molecule has 0 atom stereocenters. The highest BCUT2D eigenvalue weighted by Crippen LogP contribution is 2.30. The molecule has 2 nitrogen and oxygen atoms in total. The van der Waals surface area contributed by atoms with Crippen LogP contribution in [0, 0.1) is 18.9 Å². The van der Waals surface area contributed by atoms with Gasteiger partial charge in [-0.25, -0.2) is 0 Å². The molecule has 2 heteroatoms. The van der Waals surface area contributed by atoms with Gasteiger partial charge in [0.15, 0.2) is 0 Å². The minimum absolute atomic E-state index is 0.909. The van der Waals surface area contributed by atoms with Crippen molar-refractivity contribution < 1.29 is 0 Å². The molecular weight excluding hydrogens is 124 g/mol. The van der Waals surface area contributed by atoms with E-state index in [0.29, 0.717) is 0 Å². The van der Waals surface area contributed by atoms with Crippen molar-refractivity contribution in [2.75, 3.05) is 0 Å². The second-order valence-electron chi connectivity index (χ2n) is 3.00. The van der Waals surface area contributed by atoms with Gasteiger partial charge in [-0.1, -0.05) is 0 Å². The van der Waals surface area contributed by atoms with Gasteiger partial charge in [-0.3, -0.25) is 4.68 Å². The summed E-state index contributed by atoms with van der Waals surface area (Å²) in [4.78, 5) is 0. The Labute approximate surface area is 60.9 Å². The van der Waals surface area contributed by atoms with Gasteiger partial charge in [0.1, 0.15) is 0 Å². The lowest BCUT2D eigenvalue weighted by atomic mass is 10.4. The van der Waals surface area contributed by atoms with E-state index < -0.39 is 0 Å². The van der Waals surface area contributed by atoms with Crippen LogP contribution >= 0.6 is 0 Å². The van der Waals surface area contributed by atoms with Crippen LogP contribution in [0.5, 0.6) is 0 Å². The monoisotopic (exact) mass is 135 g/mol. The summed E-state index contributed by atoms with van der Waals surface area (Å²) in [5, 5.41) is 4.16. The van der Waals surface area contributed by atoms with Crippen molar-refractivity contribution in [3.8, 4) is 0 Å². The molecule has 0 spiro atoms. The molecule has 1 aliphatic carbocycles. The van der Waals surface area contributed by atoms with Crippen LogP contribution in [0.2, 0.25) is 0 Å². The molecule has 2 rings (SSSR count). The zero-order valence-electron chi connectivity index (χ0n) is 6.17. The normalized spacial score (nSPS) is 17.7. The van der Waals surface area contributed by atoms with E-state index in [2.05, 4.69) is 18.1 Å². The van der Waals surface area contributed by atoms with Gasteiger partial charge in [-0.2, -0.15) is 5.10 Å². The van der Waals surface area contributed by atoms with Crippen molar-refractivity contribution in [1.29, 1.82) is 0 Å². The number of aryl methyl sites for hydroxylation is 1. The molecule has 1 radical (unpaired) electrons. The van der Waals surface area contributed by atoms with Gasteiger partial charge < -0.3 is 0 Å². The minimum atomic E-state index is 0.909. The Morgan fingerprint density at radius 1 is 1.80 bits per heavy atom. The van der Waals surface area contributed by atoms with Crippen LogP contribution in [-0.4, -0.2) is 9.78 Å². The lowest BCUT2D eigenvalue weighted by Crippen LogP contribution is -2.03. The first-order valence-corrected chi connectivity index (χ1v) is 3.76. The van der Waals surface area contributed by atoms with E-state index in [1.165, 1.54) is 12.8 Å². The zero-order chi connectivity index (χ0) is 6.97. The second-order valence-corrected chi connectivity index (χ2v) is 3.00. The van der Waals surface area contributed by atoms with Crippen LogP contribution < -0.4 is 0 Å². The SMILES string of the molecule is Cc1[c]cnn1CC1CC1. The van der Waals surface area contributed by atoms with Crippen LogP contribution in [-0.2, 0) is 6.54 Å². The maximum Gasteiger partial charge on any atom is 0.0572 e. The van der Waals surface area contributed by atoms with Crippen molar-refractivity contribution in [2.45, 2.75) is 26.3 Å². The fraction of sp³-hybridized carbons (Fsp3) is 0.625. The molecule has 1 aliphatic rings. The maximum absolute atomic E-state index is 4.16. The van der Waals surface area contributed by atoms with Crippen molar-refractivity contribution >= 4 is 0 Å². The van der Waals surface area contributed by atoms with E-state index in [4.69, 9.17) is 0 Å². The second kappa shape index (κ2) is 2.11. The molecule has 1 aromatic rings. The summed E-state index contributed by atoms with van der Waals surface area (Å²) in [6.07, 6.45) is 4.52. The lowest BCUT2D eigenvalue weighted by Gasteiger charge is -1.99. The summed E-state index contributed by atoms with van der Waals surface area (Å²) < 4.78 is 2.04. The molecule has 0 bridgehead atoms. The van der Waals surface area contributed by atoms with Crippen LogP contribution in [0.15, 0.2) is 6.20 Å². The lowest BCUT2D eigenvalue weighted by molar-refractivity contribution is 0.550. The van der Waals surface area contributed by atoms with Gasteiger partial charge >= 0.3 is 0 Å². The molecule has 53 valence electrons. The molecule has 1 saturated carbocycles. The van der Waals surface area contributed by atoms with Crippen molar-refractivity contribution in [1.82, 2.24) is 9.78 Å². The summed E-state index contributed by atoms with van der Waals surface area (Å²) in [6, 6.07) is 3.05. The van der Waals surface area contributed by atoms with E-state index in [0.717, 1.165) is 18.2 Å². The first-order valence-electron chi connectivity index (χ1n) is 3.76.